The van der Waals surface area contributed by atoms with Crippen LogP contribution in [0.4, 0.5) is 0 Å². The molecular weight excluding hydrogens is 498 g/mol. The van der Waals surface area contributed by atoms with Crippen LogP contribution in [0.2, 0.25) is 0 Å². The normalized spacial score (nSPS) is 11.8. The first-order chi connectivity index (χ1) is 18.6. The zero-order valence-corrected chi connectivity index (χ0v) is 21.6. The molecule has 0 aliphatic heterocycles. The number of methoxy groups -OCH3 is 1. The van der Waals surface area contributed by atoms with Gasteiger partial charge in [-0.05, 0) is 61.5 Å². The molecule has 0 fully saturated rings. The number of ether oxygens (including phenoxy) is 2. The summed E-state index contributed by atoms with van der Waals surface area (Å²) in [7, 11) is 1.60. The van der Waals surface area contributed by atoms with Gasteiger partial charge in [0.15, 0.2) is 5.82 Å². The monoisotopic (exact) mass is 521 g/mol. The Labute approximate surface area is 222 Å². The van der Waals surface area contributed by atoms with E-state index in [1.807, 2.05) is 103 Å². The minimum absolute atomic E-state index is 0.233. The molecule has 3 aromatic carbocycles. The lowest BCUT2D eigenvalue weighted by atomic mass is 10.1. The van der Waals surface area contributed by atoms with E-state index in [2.05, 4.69) is 10.1 Å². The highest BCUT2D eigenvalue weighted by atomic mass is 32.1. The molecule has 0 N–H and O–H groups in total. The van der Waals surface area contributed by atoms with Gasteiger partial charge in [-0.15, -0.1) is 5.10 Å². The number of thiazole rings is 1. The first-order valence-corrected chi connectivity index (χ1v) is 12.9. The lowest BCUT2D eigenvalue weighted by Gasteiger charge is -2.04. The molecule has 3 aromatic heterocycles. The Morgan fingerprint density at radius 1 is 0.947 bits per heavy atom. The fraction of sp³-hybridized carbons (Fsp3) is 0.103. The molecule has 0 spiro atoms. The van der Waals surface area contributed by atoms with E-state index in [1.165, 1.54) is 15.9 Å². The first-order valence-electron chi connectivity index (χ1n) is 12.1. The van der Waals surface area contributed by atoms with E-state index in [0.29, 0.717) is 27.7 Å². The van der Waals surface area contributed by atoms with Crippen LogP contribution >= 0.6 is 11.3 Å². The van der Waals surface area contributed by atoms with Crippen LogP contribution in [0, 0.1) is 0 Å². The molecular formula is C29H23N5O3S. The third kappa shape index (κ3) is 4.33. The van der Waals surface area contributed by atoms with Gasteiger partial charge in [0, 0.05) is 17.3 Å². The van der Waals surface area contributed by atoms with Crippen molar-refractivity contribution in [2.24, 2.45) is 0 Å². The Balaban J connectivity index is 1.46. The third-order valence-corrected chi connectivity index (χ3v) is 6.98. The SMILES string of the molecule is CCOc1ccc(-c2nn(-c3ccccc3)cc2/C=c2\sc3nc(-c4ccccc4OC)nn3c2=O)cc1. The summed E-state index contributed by atoms with van der Waals surface area (Å²) >= 11 is 1.29. The molecule has 3 heterocycles. The number of rotatable bonds is 7. The lowest BCUT2D eigenvalue weighted by molar-refractivity contribution is 0.340. The van der Waals surface area contributed by atoms with Crippen molar-refractivity contribution in [3.63, 3.8) is 0 Å². The van der Waals surface area contributed by atoms with Crippen molar-refractivity contribution >= 4 is 22.4 Å². The molecule has 0 aliphatic carbocycles. The maximum Gasteiger partial charge on any atom is 0.291 e. The predicted octanol–water partition coefficient (Wildman–Crippen LogP) is 4.63. The molecule has 8 nitrogen and oxygen atoms in total. The number of hydrogen-bond donors (Lipinski definition) is 0. The standard InChI is InChI=1S/C29H23N5O3S/c1-3-37-22-15-13-19(14-16-22)26-20(18-33(31-26)21-9-5-4-6-10-21)17-25-28(35)34-29(38-25)30-27(32-34)23-11-7-8-12-24(23)36-2/h4-18H,3H2,1-2H3/b25-17-. The molecule has 0 amide bonds. The number of fused-ring (bicyclic) bond motifs is 1. The molecule has 38 heavy (non-hydrogen) atoms. The minimum atomic E-state index is -0.233. The molecule has 6 rings (SSSR count). The maximum atomic E-state index is 13.3. The van der Waals surface area contributed by atoms with Gasteiger partial charge in [-0.25, -0.2) is 4.68 Å². The van der Waals surface area contributed by atoms with E-state index in [1.54, 1.807) is 7.11 Å². The highest BCUT2D eigenvalue weighted by Gasteiger charge is 2.16. The van der Waals surface area contributed by atoms with Crippen LogP contribution in [-0.2, 0) is 0 Å². The maximum absolute atomic E-state index is 13.3. The Hall–Kier alpha value is -4.76. The van der Waals surface area contributed by atoms with Crippen LogP contribution in [0.15, 0.2) is 89.9 Å². The van der Waals surface area contributed by atoms with E-state index in [-0.39, 0.29) is 5.56 Å². The zero-order valence-electron chi connectivity index (χ0n) is 20.7. The number of aromatic nitrogens is 5. The van der Waals surface area contributed by atoms with E-state index in [9.17, 15) is 4.79 Å². The van der Waals surface area contributed by atoms with Gasteiger partial charge in [-0.3, -0.25) is 4.79 Å². The largest absolute Gasteiger partial charge is 0.496 e. The van der Waals surface area contributed by atoms with E-state index in [0.717, 1.165) is 33.8 Å². The molecule has 0 aliphatic rings. The quantitative estimate of drug-likeness (QED) is 0.305. The third-order valence-electron chi connectivity index (χ3n) is 6.02. The van der Waals surface area contributed by atoms with Gasteiger partial charge in [0.1, 0.15) is 17.2 Å². The number of benzene rings is 3. The van der Waals surface area contributed by atoms with E-state index in [4.69, 9.17) is 14.6 Å². The van der Waals surface area contributed by atoms with Gasteiger partial charge < -0.3 is 9.47 Å². The molecule has 0 atom stereocenters. The van der Waals surface area contributed by atoms with Crippen molar-refractivity contribution in [3.05, 3.63) is 106 Å². The molecule has 0 saturated carbocycles. The van der Waals surface area contributed by atoms with Gasteiger partial charge in [0.25, 0.3) is 5.56 Å². The van der Waals surface area contributed by atoms with Crippen molar-refractivity contribution in [1.29, 1.82) is 0 Å². The lowest BCUT2D eigenvalue weighted by Crippen LogP contribution is -2.23. The molecule has 0 unspecified atom stereocenters. The molecule has 9 heteroatoms. The van der Waals surface area contributed by atoms with Crippen molar-refractivity contribution < 1.29 is 9.47 Å². The summed E-state index contributed by atoms with van der Waals surface area (Å²) in [6, 6.07) is 25.1. The van der Waals surface area contributed by atoms with Gasteiger partial charge >= 0.3 is 0 Å². The topological polar surface area (TPSA) is 83.5 Å². The predicted molar refractivity (Wildman–Crippen MR) is 148 cm³/mol. The number of nitrogens with zero attached hydrogens (tertiary/aromatic N) is 5. The van der Waals surface area contributed by atoms with Gasteiger partial charge in [0.05, 0.1) is 29.5 Å². The molecule has 0 bridgehead atoms. The average Bonchev–Trinajstić information content (AvgIpc) is 3.65. The van der Waals surface area contributed by atoms with Crippen LogP contribution in [0.5, 0.6) is 11.5 Å². The second-order valence-corrected chi connectivity index (χ2v) is 9.43. The minimum Gasteiger partial charge on any atom is -0.496 e. The zero-order chi connectivity index (χ0) is 26.1. The van der Waals surface area contributed by atoms with E-state index >= 15 is 0 Å². The van der Waals surface area contributed by atoms with E-state index < -0.39 is 0 Å². The van der Waals surface area contributed by atoms with Crippen LogP contribution in [0.1, 0.15) is 12.5 Å². The fourth-order valence-electron chi connectivity index (χ4n) is 4.22. The van der Waals surface area contributed by atoms with Crippen molar-refractivity contribution in [2.45, 2.75) is 6.92 Å². The summed E-state index contributed by atoms with van der Waals surface area (Å²) in [5.41, 5.74) is 3.90. The molecule has 188 valence electrons. The Morgan fingerprint density at radius 2 is 1.71 bits per heavy atom. The second-order valence-electron chi connectivity index (χ2n) is 8.42. The van der Waals surface area contributed by atoms with Crippen LogP contribution in [-0.4, -0.2) is 38.1 Å². The van der Waals surface area contributed by atoms with Crippen molar-refractivity contribution in [2.75, 3.05) is 13.7 Å². The summed E-state index contributed by atoms with van der Waals surface area (Å²) in [6.45, 7) is 2.55. The van der Waals surface area contributed by atoms with Crippen molar-refractivity contribution in [1.82, 2.24) is 24.4 Å². The molecule has 6 aromatic rings. The first kappa shape index (κ1) is 23.6. The highest BCUT2D eigenvalue weighted by Crippen LogP contribution is 2.28. The number of para-hydroxylation sites is 2. The van der Waals surface area contributed by atoms with Crippen LogP contribution in [0.3, 0.4) is 0 Å². The molecule has 0 radical (unpaired) electrons. The summed E-state index contributed by atoms with van der Waals surface area (Å²) in [4.78, 5) is 18.5. The Morgan fingerprint density at radius 3 is 2.45 bits per heavy atom. The fourth-order valence-corrected chi connectivity index (χ4v) is 5.12. The van der Waals surface area contributed by atoms with Crippen molar-refractivity contribution in [3.8, 4) is 39.8 Å². The summed E-state index contributed by atoms with van der Waals surface area (Å²) in [5.74, 6) is 1.89. The van der Waals surface area contributed by atoms with Gasteiger partial charge in [-0.1, -0.05) is 41.7 Å². The van der Waals surface area contributed by atoms with Crippen LogP contribution in [0.25, 0.3) is 39.4 Å². The summed E-state index contributed by atoms with van der Waals surface area (Å²) in [5, 5.41) is 9.34. The van der Waals surface area contributed by atoms with Gasteiger partial charge in [-0.2, -0.15) is 14.6 Å². The summed E-state index contributed by atoms with van der Waals surface area (Å²) < 4.78 is 14.7. The van der Waals surface area contributed by atoms with Crippen LogP contribution < -0.4 is 19.6 Å². The average molecular weight is 522 g/mol. The van der Waals surface area contributed by atoms with Gasteiger partial charge in [0.2, 0.25) is 4.96 Å². The summed E-state index contributed by atoms with van der Waals surface area (Å²) in [6.07, 6.45) is 3.78. The Kier molecular flexibility index (Phi) is 6.19. The smallest absolute Gasteiger partial charge is 0.291 e. The molecule has 0 saturated heterocycles. The number of hydrogen-bond acceptors (Lipinski definition) is 7. The second kappa shape index (κ2) is 9.95. The Bertz CT molecular complexity index is 1840. The highest BCUT2D eigenvalue weighted by molar-refractivity contribution is 7.15.